The monoisotopic (exact) mass is 368 g/mol. The zero-order valence-corrected chi connectivity index (χ0v) is 15.0. The Morgan fingerprint density at radius 2 is 1.73 bits per heavy atom. The van der Waals surface area contributed by atoms with Crippen LogP contribution in [0.4, 0.5) is 17.3 Å². The maximum absolute atomic E-state index is 12.4. The molecular weight excluding hydrogens is 352 g/mol. The Kier molecular flexibility index (Phi) is 5.34. The number of aromatic nitrogens is 2. The van der Waals surface area contributed by atoms with Crippen LogP contribution in [0.2, 0.25) is 5.02 Å². The molecule has 6 nitrogen and oxygen atoms in total. The van der Waals surface area contributed by atoms with Crippen LogP contribution in [-0.4, -0.2) is 23.0 Å². The number of amides is 1. The van der Waals surface area contributed by atoms with Gasteiger partial charge in [-0.1, -0.05) is 29.8 Å². The van der Waals surface area contributed by atoms with Crippen LogP contribution in [0.5, 0.6) is 5.75 Å². The minimum Gasteiger partial charge on any atom is -0.495 e. The Morgan fingerprint density at radius 3 is 2.46 bits per heavy atom. The molecule has 2 N–H and O–H groups in total. The predicted octanol–water partition coefficient (Wildman–Crippen LogP) is 4.44. The summed E-state index contributed by atoms with van der Waals surface area (Å²) in [7, 11) is 1.55. The van der Waals surface area contributed by atoms with Gasteiger partial charge in [0.05, 0.1) is 18.4 Å². The van der Waals surface area contributed by atoms with Gasteiger partial charge in [-0.15, -0.1) is 0 Å². The Hall–Kier alpha value is -3.12. The van der Waals surface area contributed by atoms with Gasteiger partial charge in [0.2, 0.25) is 5.95 Å². The molecule has 7 heteroatoms. The van der Waals surface area contributed by atoms with E-state index in [1.807, 2.05) is 37.3 Å². The van der Waals surface area contributed by atoms with E-state index in [1.54, 1.807) is 19.2 Å². The average Bonchev–Trinajstić information content (AvgIpc) is 2.66. The predicted molar refractivity (Wildman–Crippen MR) is 102 cm³/mol. The van der Waals surface area contributed by atoms with Crippen LogP contribution < -0.4 is 15.4 Å². The van der Waals surface area contributed by atoms with E-state index in [4.69, 9.17) is 16.3 Å². The number of nitrogens with one attached hydrogen (secondary N) is 2. The van der Waals surface area contributed by atoms with E-state index in [0.29, 0.717) is 28.0 Å². The number of benzene rings is 2. The lowest BCUT2D eigenvalue weighted by atomic mass is 10.2. The lowest BCUT2D eigenvalue weighted by Crippen LogP contribution is -2.13. The molecule has 0 aliphatic carbocycles. The number of para-hydroxylation sites is 2. The zero-order valence-electron chi connectivity index (χ0n) is 14.3. The molecule has 1 heterocycles. The third kappa shape index (κ3) is 3.92. The van der Waals surface area contributed by atoms with Crippen LogP contribution in [0, 0.1) is 6.92 Å². The second-order valence-corrected chi connectivity index (χ2v) is 5.89. The van der Waals surface area contributed by atoms with Gasteiger partial charge in [-0.25, -0.2) is 9.97 Å². The van der Waals surface area contributed by atoms with E-state index in [2.05, 4.69) is 20.6 Å². The first-order valence-electron chi connectivity index (χ1n) is 7.87. The highest BCUT2D eigenvalue weighted by Crippen LogP contribution is 2.25. The van der Waals surface area contributed by atoms with Crippen molar-refractivity contribution in [3.05, 3.63) is 71.0 Å². The first-order valence-corrected chi connectivity index (χ1v) is 8.25. The van der Waals surface area contributed by atoms with Gasteiger partial charge in [-0.05, 0) is 36.8 Å². The van der Waals surface area contributed by atoms with E-state index < -0.39 is 0 Å². The molecule has 0 saturated carbocycles. The van der Waals surface area contributed by atoms with E-state index in [0.717, 1.165) is 11.3 Å². The number of nitrogens with zero attached hydrogens (tertiary/aromatic N) is 2. The molecule has 0 radical (unpaired) electrons. The Bertz CT molecular complexity index is 929. The summed E-state index contributed by atoms with van der Waals surface area (Å²) >= 11 is 6.10. The molecule has 3 rings (SSSR count). The van der Waals surface area contributed by atoms with Gasteiger partial charge in [-0.2, -0.15) is 0 Å². The molecule has 0 saturated heterocycles. The van der Waals surface area contributed by atoms with Crippen molar-refractivity contribution in [2.45, 2.75) is 6.92 Å². The molecule has 1 amide bonds. The van der Waals surface area contributed by atoms with Crippen LogP contribution in [0.25, 0.3) is 0 Å². The highest BCUT2D eigenvalue weighted by atomic mass is 35.5. The summed E-state index contributed by atoms with van der Waals surface area (Å²) in [5.41, 5.74) is 2.63. The normalized spacial score (nSPS) is 10.3. The third-order valence-corrected chi connectivity index (χ3v) is 4.19. The Morgan fingerprint density at radius 1 is 1.04 bits per heavy atom. The quantitative estimate of drug-likeness (QED) is 0.696. The van der Waals surface area contributed by atoms with Gasteiger partial charge in [0.25, 0.3) is 5.91 Å². The summed E-state index contributed by atoms with van der Waals surface area (Å²) in [6, 6.07) is 12.7. The Balaban J connectivity index is 1.73. The van der Waals surface area contributed by atoms with Gasteiger partial charge in [0.15, 0.2) is 0 Å². The second kappa shape index (κ2) is 7.84. The smallest absolute Gasteiger partial charge is 0.258 e. The maximum atomic E-state index is 12.4. The summed E-state index contributed by atoms with van der Waals surface area (Å²) < 4.78 is 5.22. The maximum Gasteiger partial charge on any atom is 0.258 e. The summed E-state index contributed by atoms with van der Waals surface area (Å²) in [5, 5.41) is 6.53. The van der Waals surface area contributed by atoms with Gasteiger partial charge >= 0.3 is 0 Å². The zero-order chi connectivity index (χ0) is 18.5. The fourth-order valence-corrected chi connectivity index (χ4v) is 2.49. The largest absolute Gasteiger partial charge is 0.495 e. The molecule has 2 aromatic carbocycles. The molecule has 26 heavy (non-hydrogen) atoms. The molecule has 0 atom stereocenters. The van der Waals surface area contributed by atoms with E-state index in [9.17, 15) is 4.79 Å². The first kappa shape index (κ1) is 17.7. The molecule has 0 aliphatic rings. The van der Waals surface area contributed by atoms with Crippen molar-refractivity contribution in [3.63, 3.8) is 0 Å². The van der Waals surface area contributed by atoms with Gasteiger partial charge in [0, 0.05) is 23.1 Å². The lowest BCUT2D eigenvalue weighted by Gasteiger charge is -2.11. The number of methoxy groups -OCH3 is 1. The highest BCUT2D eigenvalue weighted by Gasteiger charge is 2.11. The summed E-state index contributed by atoms with van der Waals surface area (Å²) in [5.74, 6) is 0.640. The van der Waals surface area contributed by atoms with Crippen molar-refractivity contribution in [1.82, 2.24) is 9.97 Å². The summed E-state index contributed by atoms with van der Waals surface area (Å²) in [6.07, 6.45) is 2.92. The first-order chi connectivity index (χ1) is 12.6. The van der Waals surface area contributed by atoms with Crippen LogP contribution in [0.1, 0.15) is 15.9 Å². The van der Waals surface area contributed by atoms with Crippen LogP contribution in [0.3, 0.4) is 0 Å². The van der Waals surface area contributed by atoms with Gasteiger partial charge in [0.1, 0.15) is 5.75 Å². The number of hydrogen-bond acceptors (Lipinski definition) is 5. The Labute approximate surface area is 156 Å². The number of rotatable bonds is 5. The number of hydrogen-bond donors (Lipinski definition) is 2. The van der Waals surface area contributed by atoms with Crippen molar-refractivity contribution in [1.29, 1.82) is 0 Å². The SMILES string of the molecule is COc1ccccc1NC(=O)c1cnc(Nc2cccc(Cl)c2C)nc1. The van der Waals surface area contributed by atoms with E-state index in [-0.39, 0.29) is 5.91 Å². The van der Waals surface area contributed by atoms with Crippen molar-refractivity contribution in [2.24, 2.45) is 0 Å². The molecule has 1 aromatic heterocycles. The molecule has 132 valence electrons. The molecule has 0 aliphatic heterocycles. The fourth-order valence-electron chi connectivity index (χ4n) is 2.32. The number of anilines is 3. The summed E-state index contributed by atoms with van der Waals surface area (Å²) in [4.78, 5) is 20.8. The van der Waals surface area contributed by atoms with E-state index >= 15 is 0 Å². The van der Waals surface area contributed by atoms with Crippen molar-refractivity contribution in [2.75, 3.05) is 17.7 Å². The summed E-state index contributed by atoms with van der Waals surface area (Å²) in [6.45, 7) is 1.90. The second-order valence-electron chi connectivity index (χ2n) is 5.49. The van der Waals surface area contributed by atoms with Crippen molar-refractivity contribution >= 4 is 34.8 Å². The minimum absolute atomic E-state index is 0.319. The molecule has 0 spiro atoms. The number of carbonyl (C=O) groups excluding carboxylic acids is 1. The topological polar surface area (TPSA) is 76.1 Å². The highest BCUT2D eigenvalue weighted by molar-refractivity contribution is 6.31. The molecule has 3 aromatic rings. The van der Waals surface area contributed by atoms with Gasteiger partial charge in [-0.3, -0.25) is 4.79 Å². The molecule has 0 bridgehead atoms. The third-order valence-electron chi connectivity index (χ3n) is 3.78. The lowest BCUT2D eigenvalue weighted by molar-refractivity contribution is 0.102. The minimum atomic E-state index is -0.319. The van der Waals surface area contributed by atoms with Crippen LogP contribution >= 0.6 is 11.6 Å². The number of carbonyl (C=O) groups is 1. The molecule has 0 unspecified atom stereocenters. The van der Waals surface area contributed by atoms with Crippen LogP contribution in [-0.2, 0) is 0 Å². The van der Waals surface area contributed by atoms with Gasteiger partial charge < -0.3 is 15.4 Å². The van der Waals surface area contributed by atoms with Crippen molar-refractivity contribution in [3.8, 4) is 5.75 Å². The number of ether oxygens (including phenoxy) is 1. The molecule has 0 fully saturated rings. The average molecular weight is 369 g/mol. The standard InChI is InChI=1S/C19H17ClN4O2/c1-12-14(20)6-5-8-15(12)24-19-21-10-13(11-22-19)18(25)23-16-7-3-4-9-17(16)26-2/h3-11H,1-2H3,(H,23,25)(H,21,22,24). The van der Waals surface area contributed by atoms with Crippen molar-refractivity contribution < 1.29 is 9.53 Å². The van der Waals surface area contributed by atoms with E-state index in [1.165, 1.54) is 12.4 Å². The number of halogens is 1. The van der Waals surface area contributed by atoms with Crippen LogP contribution in [0.15, 0.2) is 54.9 Å². The molecular formula is C19H17ClN4O2. The fraction of sp³-hybridized carbons (Fsp3) is 0.105.